The third-order valence-electron chi connectivity index (χ3n) is 9.32. The summed E-state index contributed by atoms with van der Waals surface area (Å²) in [6.07, 6.45) is 10.9. The summed E-state index contributed by atoms with van der Waals surface area (Å²) in [4.78, 5) is 37.1. The standard InChI is InChI=1S/C30H41N5O3S/c1-33(2)30(24-10-5-4-6-11-24)17-15-29(16-18-30)22-34(28(37)35(29)21-23-8-7-9-23)19-14-26(36)32-25-12-13-27(31-20-25)39(3)38/h4-6,10-13,20,23H,7-9,14-19,21-22H2,1-3H3,(H,32,36)/t29-,30+,39?. The maximum atomic E-state index is 13.8. The van der Waals surface area contributed by atoms with Crippen molar-refractivity contribution in [3.8, 4) is 0 Å². The first-order chi connectivity index (χ1) is 18.7. The number of rotatable bonds is 9. The van der Waals surface area contributed by atoms with Crippen molar-refractivity contribution in [2.24, 2.45) is 5.92 Å². The Kier molecular flexibility index (Phi) is 8.21. The third-order valence-corrected chi connectivity index (χ3v) is 10.2. The third kappa shape index (κ3) is 5.67. The number of aromatic nitrogens is 1. The molecule has 2 saturated carbocycles. The molecule has 1 N–H and O–H groups in total. The molecule has 8 nitrogen and oxygen atoms in total. The zero-order chi connectivity index (χ0) is 27.6. The van der Waals surface area contributed by atoms with Gasteiger partial charge >= 0.3 is 6.03 Å². The highest BCUT2D eigenvalue weighted by atomic mass is 32.2. The van der Waals surface area contributed by atoms with Crippen molar-refractivity contribution in [3.63, 3.8) is 0 Å². The number of nitrogens with zero attached hydrogens (tertiary/aromatic N) is 4. The molecule has 1 aromatic carbocycles. The van der Waals surface area contributed by atoms with Gasteiger partial charge in [0.1, 0.15) is 6.26 Å². The first kappa shape index (κ1) is 27.9. The van der Waals surface area contributed by atoms with Gasteiger partial charge < -0.3 is 19.7 Å². The van der Waals surface area contributed by atoms with E-state index in [-0.39, 0.29) is 29.4 Å². The van der Waals surface area contributed by atoms with Gasteiger partial charge in [-0.25, -0.2) is 9.78 Å². The average molecular weight is 552 g/mol. The molecule has 3 fully saturated rings. The predicted octanol–water partition coefficient (Wildman–Crippen LogP) is 4.46. The van der Waals surface area contributed by atoms with E-state index < -0.39 is 11.2 Å². The van der Waals surface area contributed by atoms with E-state index in [2.05, 4.69) is 64.5 Å². The fourth-order valence-electron chi connectivity index (χ4n) is 6.65. The highest BCUT2D eigenvalue weighted by molar-refractivity contribution is 7.90. The van der Waals surface area contributed by atoms with Crippen LogP contribution < -0.4 is 5.32 Å². The predicted molar refractivity (Wildman–Crippen MR) is 154 cm³/mol. The minimum absolute atomic E-state index is 0.0288. The Balaban J connectivity index is 1.26. The van der Waals surface area contributed by atoms with Gasteiger partial charge in [0.05, 0.1) is 17.4 Å². The van der Waals surface area contributed by atoms with Crippen molar-refractivity contribution in [1.29, 1.82) is 0 Å². The number of carbonyl (C=O) groups excluding carboxylic acids is 2. The van der Waals surface area contributed by atoms with E-state index >= 15 is 0 Å². The van der Waals surface area contributed by atoms with Crippen molar-refractivity contribution in [2.75, 3.05) is 45.3 Å². The Bertz CT molecular complexity index is 1140. The number of nitrogens with one attached hydrogen (secondary N) is 1. The maximum Gasteiger partial charge on any atom is 0.320 e. The second kappa shape index (κ2) is 11.5. The summed E-state index contributed by atoms with van der Waals surface area (Å²) in [5, 5.41) is 3.34. The van der Waals surface area contributed by atoms with Gasteiger partial charge in [-0.1, -0.05) is 36.8 Å². The van der Waals surface area contributed by atoms with Crippen molar-refractivity contribution < 1.29 is 14.1 Å². The van der Waals surface area contributed by atoms with Crippen LogP contribution in [0.4, 0.5) is 10.5 Å². The minimum atomic E-state index is -1.16. The first-order valence-corrected chi connectivity index (χ1v) is 15.7. The van der Waals surface area contributed by atoms with Crippen molar-refractivity contribution in [1.82, 2.24) is 19.7 Å². The zero-order valence-corrected chi connectivity index (χ0v) is 24.2. The van der Waals surface area contributed by atoms with Gasteiger partial charge in [0.2, 0.25) is 10.9 Å². The van der Waals surface area contributed by atoms with Crippen LogP contribution in [-0.4, -0.2) is 81.7 Å². The van der Waals surface area contributed by atoms with Crippen LogP contribution in [0.15, 0.2) is 53.7 Å². The van der Waals surface area contributed by atoms with Gasteiger partial charge in [-0.3, -0.25) is 9.69 Å². The van der Waals surface area contributed by atoms with Gasteiger partial charge in [0, 0.05) is 48.8 Å². The number of hydrogen-bond donors (Lipinski definition) is 1. The molecule has 3 aliphatic rings. The zero-order valence-electron chi connectivity index (χ0n) is 23.4. The molecular weight excluding hydrogens is 510 g/mol. The second-order valence-corrected chi connectivity index (χ2v) is 13.1. The molecule has 210 valence electrons. The number of hydrogen-bond acceptors (Lipinski definition) is 5. The van der Waals surface area contributed by atoms with Crippen molar-refractivity contribution >= 4 is 28.8 Å². The fraction of sp³-hybridized carbons (Fsp3) is 0.567. The maximum absolute atomic E-state index is 13.8. The van der Waals surface area contributed by atoms with E-state index in [1.165, 1.54) is 31.0 Å². The Morgan fingerprint density at radius 3 is 2.41 bits per heavy atom. The Morgan fingerprint density at radius 2 is 1.85 bits per heavy atom. The summed E-state index contributed by atoms with van der Waals surface area (Å²) in [5.41, 5.74) is 1.71. The summed E-state index contributed by atoms with van der Waals surface area (Å²) in [6.45, 7) is 1.91. The first-order valence-electron chi connectivity index (χ1n) is 14.1. The number of carbonyl (C=O) groups is 2. The van der Waals surface area contributed by atoms with E-state index in [0.29, 0.717) is 29.7 Å². The van der Waals surface area contributed by atoms with Gasteiger partial charge in [-0.05, 0) is 70.2 Å². The second-order valence-electron chi connectivity index (χ2n) is 11.8. The number of benzene rings is 1. The summed E-state index contributed by atoms with van der Waals surface area (Å²) < 4.78 is 11.6. The van der Waals surface area contributed by atoms with Gasteiger partial charge in [-0.15, -0.1) is 0 Å². The monoisotopic (exact) mass is 551 g/mol. The van der Waals surface area contributed by atoms with Crippen LogP contribution >= 0.6 is 0 Å². The van der Waals surface area contributed by atoms with Crippen LogP contribution in [0, 0.1) is 5.92 Å². The Morgan fingerprint density at radius 1 is 1.13 bits per heavy atom. The summed E-state index contributed by atoms with van der Waals surface area (Å²) >= 11 is -1.16. The van der Waals surface area contributed by atoms with Crippen molar-refractivity contribution in [3.05, 3.63) is 54.2 Å². The highest BCUT2D eigenvalue weighted by Gasteiger charge is 2.54. The van der Waals surface area contributed by atoms with Crippen LogP contribution in [-0.2, 0) is 21.5 Å². The largest absolute Gasteiger partial charge is 0.610 e. The molecule has 1 spiro atoms. The molecule has 0 bridgehead atoms. The quantitative estimate of drug-likeness (QED) is 0.465. The molecule has 1 saturated heterocycles. The molecule has 1 atom stereocenters. The molecule has 9 heteroatoms. The van der Waals surface area contributed by atoms with E-state index in [1.54, 1.807) is 18.4 Å². The SMILES string of the molecule is CN(C)[C@]1(c2ccccc2)CC[C@]2(CC1)CN(CCC(=O)Nc1ccc([S+](C)[O-])nc1)C(=O)N2CC1CCC1. The van der Waals surface area contributed by atoms with Crippen LogP contribution in [0.3, 0.4) is 0 Å². The summed E-state index contributed by atoms with van der Waals surface area (Å²) in [7, 11) is 4.35. The molecular formula is C30H41N5O3S. The fourth-order valence-corrected chi connectivity index (χ4v) is 7.11. The molecule has 2 aromatic rings. The minimum Gasteiger partial charge on any atom is -0.610 e. The highest BCUT2D eigenvalue weighted by Crippen LogP contribution is 2.49. The van der Waals surface area contributed by atoms with E-state index in [9.17, 15) is 14.1 Å². The normalized spacial score (nSPS) is 26.2. The smallest absolute Gasteiger partial charge is 0.320 e. The average Bonchev–Trinajstić information content (AvgIpc) is 3.16. The lowest BCUT2D eigenvalue weighted by Gasteiger charge is -2.51. The lowest BCUT2D eigenvalue weighted by Crippen LogP contribution is -2.56. The summed E-state index contributed by atoms with van der Waals surface area (Å²) in [6, 6.07) is 14.2. The molecule has 1 aromatic heterocycles. The molecule has 2 heterocycles. The number of urea groups is 1. The van der Waals surface area contributed by atoms with Crippen molar-refractivity contribution in [2.45, 2.75) is 67.5 Å². The Hall–Kier alpha value is -2.62. The van der Waals surface area contributed by atoms with Crippen LogP contribution in [0.2, 0.25) is 0 Å². The van der Waals surface area contributed by atoms with Crippen LogP contribution in [0.5, 0.6) is 0 Å². The number of anilines is 1. The van der Waals surface area contributed by atoms with E-state index in [1.807, 2.05) is 4.90 Å². The molecule has 5 rings (SSSR count). The van der Waals surface area contributed by atoms with Gasteiger partial charge in [-0.2, -0.15) is 0 Å². The molecule has 0 radical (unpaired) electrons. The van der Waals surface area contributed by atoms with E-state index in [0.717, 1.165) is 32.2 Å². The van der Waals surface area contributed by atoms with Gasteiger partial charge in [0.25, 0.3) is 0 Å². The number of amides is 3. The molecule has 3 amide bonds. The Labute approximate surface area is 235 Å². The lowest BCUT2D eigenvalue weighted by atomic mass is 9.68. The van der Waals surface area contributed by atoms with Gasteiger partial charge in [0.15, 0.2) is 0 Å². The topological polar surface area (TPSA) is 91.8 Å². The molecule has 39 heavy (non-hydrogen) atoms. The number of pyridine rings is 1. The lowest BCUT2D eigenvalue weighted by molar-refractivity contribution is -0.116. The molecule has 2 aliphatic carbocycles. The molecule has 1 unspecified atom stereocenters. The summed E-state index contributed by atoms with van der Waals surface area (Å²) in [5.74, 6) is 0.442. The molecule has 1 aliphatic heterocycles. The van der Waals surface area contributed by atoms with Crippen LogP contribution in [0.1, 0.15) is 56.9 Å². The van der Waals surface area contributed by atoms with Crippen LogP contribution in [0.25, 0.3) is 0 Å². The van der Waals surface area contributed by atoms with E-state index in [4.69, 9.17) is 0 Å².